The maximum Gasteiger partial charge on any atom is 0.321 e. The standard InChI is InChI=1S/C16H26BrNO5Si/c1-7-22-15(20)12(16(21)23-8-2)11-10(9-18(3)14(11)19)13(17)24(4,5)6/h11-12H,7-9H2,1-6H3/b13-10-. The van der Waals surface area contributed by atoms with Gasteiger partial charge < -0.3 is 14.4 Å². The summed E-state index contributed by atoms with van der Waals surface area (Å²) < 4.78 is 11.0. The van der Waals surface area contributed by atoms with Crippen LogP contribution in [0.15, 0.2) is 9.68 Å². The fourth-order valence-corrected chi connectivity index (χ4v) is 4.25. The number of carbonyl (C=O) groups is 3. The number of rotatable bonds is 6. The molecule has 0 bridgehead atoms. The molecule has 8 heteroatoms. The zero-order valence-corrected chi connectivity index (χ0v) is 17.7. The molecule has 1 heterocycles. The molecule has 1 unspecified atom stereocenters. The Balaban J connectivity index is 3.42. The normalized spacial score (nSPS) is 20.4. The van der Waals surface area contributed by atoms with Crippen molar-refractivity contribution in [2.24, 2.45) is 11.8 Å². The number of likely N-dealkylation sites (tertiary alicyclic amines) is 1. The minimum absolute atomic E-state index is 0.139. The lowest BCUT2D eigenvalue weighted by molar-refractivity contribution is -0.165. The molecule has 1 saturated heterocycles. The molecule has 1 atom stereocenters. The van der Waals surface area contributed by atoms with E-state index >= 15 is 0 Å². The second-order valence-corrected chi connectivity index (χ2v) is 13.3. The zero-order chi connectivity index (χ0) is 18.7. The van der Waals surface area contributed by atoms with E-state index in [9.17, 15) is 14.4 Å². The zero-order valence-electron chi connectivity index (χ0n) is 15.1. The van der Waals surface area contributed by atoms with Gasteiger partial charge in [-0.15, -0.1) is 0 Å². The predicted molar refractivity (Wildman–Crippen MR) is 97.2 cm³/mol. The third-order valence-electron chi connectivity index (χ3n) is 3.78. The van der Waals surface area contributed by atoms with Gasteiger partial charge in [-0.3, -0.25) is 14.4 Å². The largest absolute Gasteiger partial charge is 0.465 e. The Kier molecular flexibility index (Phi) is 7.21. The van der Waals surface area contributed by atoms with E-state index in [4.69, 9.17) is 9.47 Å². The van der Waals surface area contributed by atoms with E-state index in [1.165, 1.54) is 4.90 Å². The first kappa shape index (κ1) is 20.9. The lowest BCUT2D eigenvalue weighted by Gasteiger charge is -2.24. The maximum absolute atomic E-state index is 12.7. The van der Waals surface area contributed by atoms with E-state index in [0.717, 1.165) is 9.68 Å². The average molecular weight is 420 g/mol. The van der Waals surface area contributed by atoms with E-state index in [0.29, 0.717) is 6.54 Å². The predicted octanol–water partition coefficient (Wildman–Crippen LogP) is 2.34. The molecule has 24 heavy (non-hydrogen) atoms. The fourth-order valence-electron chi connectivity index (χ4n) is 2.68. The summed E-state index contributed by atoms with van der Waals surface area (Å²) in [6.07, 6.45) is 0. The van der Waals surface area contributed by atoms with Crippen LogP contribution in [0.1, 0.15) is 13.8 Å². The molecule has 0 aromatic rings. The number of amides is 1. The van der Waals surface area contributed by atoms with Gasteiger partial charge in [0, 0.05) is 13.6 Å². The first-order chi connectivity index (χ1) is 11.1. The summed E-state index contributed by atoms with van der Waals surface area (Å²) in [5.41, 5.74) is 0.785. The minimum atomic E-state index is -1.77. The van der Waals surface area contributed by atoms with E-state index < -0.39 is 31.8 Å². The van der Waals surface area contributed by atoms with Gasteiger partial charge in [-0.05, 0) is 23.5 Å². The monoisotopic (exact) mass is 419 g/mol. The molecule has 0 aliphatic carbocycles. The van der Waals surface area contributed by atoms with Gasteiger partial charge in [0.1, 0.15) is 0 Å². The molecule has 0 radical (unpaired) electrons. The maximum atomic E-state index is 12.7. The van der Waals surface area contributed by atoms with Gasteiger partial charge in [0.2, 0.25) is 5.91 Å². The van der Waals surface area contributed by atoms with Crippen molar-refractivity contribution in [3.63, 3.8) is 0 Å². The van der Waals surface area contributed by atoms with Crippen molar-refractivity contribution in [3.8, 4) is 0 Å². The highest BCUT2D eigenvalue weighted by molar-refractivity contribution is 9.12. The van der Waals surface area contributed by atoms with E-state index in [-0.39, 0.29) is 19.1 Å². The molecule has 0 aromatic carbocycles. The Labute approximate surface area is 152 Å². The molecule has 1 fully saturated rings. The number of ether oxygens (including phenoxy) is 2. The summed E-state index contributed by atoms with van der Waals surface area (Å²) >= 11 is 3.62. The Bertz CT molecular complexity index is 537. The van der Waals surface area contributed by atoms with E-state index in [1.807, 2.05) is 0 Å². The molecule has 0 N–H and O–H groups in total. The van der Waals surface area contributed by atoms with Gasteiger partial charge in [0.15, 0.2) is 5.92 Å². The van der Waals surface area contributed by atoms with E-state index in [2.05, 4.69) is 35.6 Å². The number of likely N-dealkylation sites (N-methyl/N-ethyl adjacent to an activating group) is 1. The van der Waals surface area contributed by atoms with Crippen LogP contribution in [0.3, 0.4) is 0 Å². The van der Waals surface area contributed by atoms with Crippen molar-refractivity contribution >= 4 is 41.8 Å². The summed E-state index contributed by atoms with van der Waals surface area (Å²) in [4.78, 5) is 39.0. The summed E-state index contributed by atoms with van der Waals surface area (Å²) in [5.74, 6) is -3.81. The summed E-state index contributed by atoms with van der Waals surface area (Å²) in [5, 5.41) is 0. The lowest BCUT2D eigenvalue weighted by atomic mass is 9.88. The first-order valence-electron chi connectivity index (χ1n) is 8.03. The van der Waals surface area contributed by atoms with Gasteiger partial charge in [-0.1, -0.05) is 35.6 Å². The number of esters is 2. The van der Waals surface area contributed by atoms with Gasteiger partial charge in [-0.2, -0.15) is 0 Å². The van der Waals surface area contributed by atoms with Crippen molar-refractivity contribution in [3.05, 3.63) is 9.68 Å². The van der Waals surface area contributed by atoms with Crippen molar-refractivity contribution in [1.82, 2.24) is 4.90 Å². The molecule has 0 saturated carbocycles. The molecule has 1 aliphatic heterocycles. The van der Waals surface area contributed by atoms with Crippen LogP contribution in [0.2, 0.25) is 19.6 Å². The molecule has 6 nitrogen and oxygen atoms in total. The highest BCUT2D eigenvalue weighted by atomic mass is 79.9. The molecule has 1 rings (SSSR count). The van der Waals surface area contributed by atoms with Gasteiger partial charge in [-0.25, -0.2) is 0 Å². The minimum Gasteiger partial charge on any atom is -0.465 e. The highest BCUT2D eigenvalue weighted by Crippen LogP contribution is 2.38. The number of hydrogen-bond donors (Lipinski definition) is 0. The summed E-state index contributed by atoms with van der Waals surface area (Å²) in [6.45, 7) is 10.4. The van der Waals surface area contributed by atoms with Crippen LogP contribution in [-0.2, 0) is 23.9 Å². The van der Waals surface area contributed by atoms with Crippen LogP contribution in [0.5, 0.6) is 0 Å². The lowest BCUT2D eigenvalue weighted by Crippen LogP contribution is -2.39. The SMILES string of the molecule is CCOC(=O)C(C(=O)OCC)C1C(=O)N(C)C/C1=C(\Br)[Si](C)(C)C. The van der Waals surface area contributed by atoms with Crippen LogP contribution in [0, 0.1) is 11.8 Å². The Hall–Kier alpha value is -1.15. The van der Waals surface area contributed by atoms with Crippen LogP contribution < -0.4 is 0 Å². The van der Waals surface area contributed by atoms with Crippen LogP contribution >= 0.6 is 15.9 Å². The third kappa shape index (κ3) is 4.47. The number of hydrogen-bond acceptors (Lipinski definition) is 5. The van der Waals surface area contributed by atoms with Crippen LogP contribution in [-0.4, -0.2) is 57.6 Å². The Morgan fingerprint density at radius 2 is 1.67 bits per heavy atom. The smallest absolute Gasteiger partial charge is 0.321 e. The van der Waals surface area contributed by atoms with Crippen LogP contribution in [0.25, 0.3) is 0 Å². The Morgan fingerprint density at radius 1 is 1.21 bits per heavy atom. The molecule has 0 spiro atoms. The molecule has 0 aromatic heterocycles. The molecule has 1 aliphatic rings. The van der Waals surface area contributed by atoms with Gasteiger partial charge >= 0.3 is 11.9 Å². The number of halogens is 1. The third-order valence-corrected chi connectivity index (χ3v) is 9.50. The first-order valence-corrected chi connectivity index (χ1v) is 12.3. The second kappa shape index (κ2) is 8.29. The van der Waals surface area contributed by atoms with E-state index in [1.54, 1.807) is 20.9 Å². The number of carbonyl (C=O) groups excluding carboxylic acids is 3. The second-order valence-electron chi connectivity index (χ2n) is 6.74. The van der Waals surface area contributed by atoms with Crippen molar-refractivity contribution in [2.75, 3.05) is 26.8 Å². The Morgan fingerprint density at radius 3 is 2.04 bits per heavy atom. The molecular formula is C16H26BrNO5Si. The molecule has 1 amide bonds. The molecular weight excluding hydrogens is 394 g/mol. The van der Waals surface area contributed by atoms with Crippen molar-refractivity contribution in [2.45, 2.75) is 33.5 Å². The number of nitrogens with zero attached hydrogens (tertiary/aromatic N) is 1. The summed E-state index contributed by atoms with van der Waals surface area (Å²) in [7, 11) is -0.0990. The quantitative estimate of drug-likeness (QED) is 0.375. The highest BCUT2D eigenvalue weighted by Gasteiger charge is 2.49. The molecule has 136 valence electrons. The van der Waals surface area contributed by atoms with Crippen molar-refractivity contribution < 1.29 is 23.9 Å². The fraction of sp³-hybridized carbons (Fsp3) is 0.688. The van der Waals surface area contributed by atoms with Crippen LogP contribution in [0.4, 0.5) is 0 Å². The summed E-state index contributed by atoms with van der Waals surface area (Å²) in [6, 6.07) is 0. The van der Waals surface area contributed by atoms with Crippen molar-refractivity contribution in [1.29, 1.82) is 0 Å². The van der Waals surface area contributed by atoms with Gasteiger partial charge in [0.25, 0.3) is 0 Å². The average Bonchev–Trinajstić information content (AvgIpc) is 2.75. The topological polar surface area (TPSA) is 72.9 Å². The van der Waals surface area contributed by atoms with Gasteiger partial charge in [0.05, 0.1) is 27.2 Å².